The quantitative estimate of drug-likeness (QED) is 0.832. The molecular formula is C17H16O2. The number of allylic oxidation sites excluding steroid dienone is 1. The minimum absolute atomic E-state index is 0.0981. The zero-order chi connectivity index (χ0) is 13.7. The Balaban J connectivity index is 2.17. The molecule has 96 valence electrons. The molecule has 2 heteroatoms. The highest BCUT2D eigenvalue weighted by Crippen LogP contribution is 2.23. The lowest BCUT2D eigenvalue weighted by Gasteiger charge is -2.08. The topological polar surface area (TPSA) is 37.3 Å². The molecule has 0 spiro atoms. The molecule has 2 rings (SSSR count). The van der Waals surface area contributed by atoms with Crippen molar-refractivity contribution in [1.82, 2.24) is 0 Å². The highest BCUT2D eigenvalue weighted by molar-refractivity contribution is 5.79. The van der Waals surface area contributed by atoms with E-state index in [1.165, 1.54) is 17.2 Å². The fraction of sp³-hybridized carbons (Fsp3) is 0.118. The molecule has 0 amide bonds. The van der Waals surface area contributed by atoms with Crippen LogP contribution in [0.25, 0.3) is 11.1 Å². The van der Waals surface area contributed by atoms with Crippen molar-refractivity contribution in [1.29, 1.82) is 0 Å². The van der Waals surface area contributed by atoms with Crippen LogP contribution in [0.4, 0.5) is 0 Å². The van der Waals surface area contributed by atoms with E-state index in [-0.39, 0.29) is 5.92 Å². The number of hydrogen-bond acceptors (Lipinski definition) is 1. The van der Waals surface area contributed by atoms with Gasteiger partial charge in [-0.1, -0.05) is 67.6 Å². The highest BCUT2D eigenvalue weighted by atomic mass is 16.4. The van der Waals surface area contributed by atoms with Crippen LogP contribution in [0.3, 0.4) is 0 Å². The molecule has 2 aromatic rings. The fourth-order valence-electron chi connectivity index (χ4n) is 1.95. The Morgan fingerprint density at radius 1 is 1.00 bits per heavy atom. The summed E-state index contributed by atoms with van der Waals surface area (Å²) in [6, 6.07) is 18.4. The molecule has 0 fully saturated rings. The minimum atomic E-state index is -0.909. The summed E-state index contributed by atoms with van der Waals surface area (Å²) in [6.45, 7) is 1.98. The van der Waals surface area contributed by atoms with E-state index in [1.54, 1.807) is 6.08 Å². The van der Waals surface area contributed by atoms with Crippen molar-refractivity contribution >= 4 is 5.97 Å². The first kappa shape index (κ1) is 13.1. The van der Waals surface area contributed by atoms with Crippen molar-refractivity contribution in [3.8, 4) is 11.1 Å². The number of carboxylic acids is 1. The highest BCUT2D eigenvalue weighted by Gasteiger charge is 2.03. The molecule has 0 aliphatic carbocycles. The van der Waals surface area contributed by atoms with Gasteiger partial charge in [0.1, 0.15) is 0 Å². The summed E-state index contributed by atoms with van der Waals surface area (Å²) >= 11 is 0. The first-order chi connectivity index (χ1) is 9.16. The third kappa shape index (κ3) is 3.55. The van der Waals surface area contributed by atoms with Gasteiger partial charge in [-0.15, -0.1) is 0 Å². The fourth-order valence-corrected chi connectivity index (χ4v) is 1.95. The maximum Gasteiger partial charge on any atom is 0.327 e. The monoisotopic (exact) mass is 252 g/mol. The van der Waals surface area contributed by atoms with E-state index in [0.717, 1.165) is 5.56 Å². The molecule has 0 heterocycles. The van der Waals surface area contributed by atoms with Crippen LogP contribution in [0.5, 0.6) is 0 Å². The number of carbonyl (C=O) groups is 1. The Morgan fingerprint density at radius 3 is 2.16 bits per heavy atom. The van der Waals surface area contributed by atoms with Crippen LogP contribution in [0.2, 0.25) is 0 Å². The van der Waals surface area contributed by atoms with Gasteiger partial charge in [0, 0.05) is 6.08 Å². The number of hydrogen-bond donors (Lipinski definition) is 1. The molecule has 0 aliphatic rings. The summed E-state index contributed by atoms with van der Waals surface area (Å²) in [7, 11) is 0. The maximum absolute atomic E-state index is 10.5. The molecular weight excluding hydrogens is 236 g/mol. The average molecular weight is 252 g/mol. The molecule has 0 bridgehead atoms. The van der Waals surface area contributed by atoms with Crippen molar-refractivity contribution in [2.45, 2.75) is 12.8 Å². The van der Waals surface area contributed by atoms with Gasteiger partial charge in [0.15, 0.2) is 0 Å². The molecule has 2 aromatic carbocycles. The summed E-state index contributed by atoms with van der Waals surface area (Å²) in [5.41, 5.74) is 3.46. The van der Waals surface area contributed by atoms with Crippen LogP contribution in [-0.4, -0.2) is 11.1 Å². The minimum Gasteiger partial charge on any atom is -0.478 e. The van der Waals surface area contributed by atoms with Crippen LogP contribution in [0, 0.1) is 0 Å². The Morgan fingerprint density at radius 2 is 1.58 bits per heavy atom. The van der Waals surface area contributed by atoms with Crippen molar-refractivity contribution in [3.63, 3.8) is 0 Å². The van der Waals surface area contributed by atoms with Crippen LogP contribution >= 0.6 is 0 Å². The lowest BCUT2D eigenvalue weighted by atomic mass is 9.97. The molecule has 19 heavy (non-hydrogen) atoms. The predicted octanol–water partition coefficient (Wildman–Crippen LogP) is 4.10. The van der Waals surface area contributed by atoms with Gasteiger partial charge >= 0.3 is 5.97 Å². The summed E-state index contributed by atoms with van der Waals surface area (Å²) in [5.74, 6) is -0.811. The van der Waals surface area contributed by atoms with E-state index in [2.05, 4.69) is 24.3 Å². The lowest BCUT2D eigenvalue weighted by Crippen LogP contribution is -1.92. The van der Waals surface area contributed by atoms with Gasteiger partial charge < -0.3 is 5.11 Å². The van der Waals surface area contributed by atoms with Crippen molar-refractivity contribution in [2.75, 3.05) is 0 Å². The Hall–Kier alpha value is -2.35. The lowest BCUT2D eigenvalue weighted by molar-refractivity contribution is -0.131. The van der Waals surface area contributed by atoms with Gasteiger partial charge in [0.25, 0.3) is 0 Å². The van der Waals surface area contributed by atoms with Gasteiger partial charge in [0.05, 0.1) is 0 Å². The molecule has 2 nitrogen and oxygen atoms in total. The van der Waals surface area contributed by atoms with Crippen molar-refractivity contribution < 1.29 is 9.90 Å². The summed E-state index contributed by atoms with van der Waals surface area (Å²) in [6.07, 6.45) is 2.88. The van der Waals surface area contributed by atoms with Gasteiger partial charge in [0.2, 0.25) is 0 Å². The zero-order valence-electron chi connectivity index (χ0n) is 10.8. The van der Waals surface area contributed by atoms with E-state index < -0.39 is 5.97 Å². The van der Waals surface area contributed by atoms with Gasteiger partial charge in [-0.2, -0.15) is 0 Å². The summed E-state index contributed by atoms with van der Waals surface area (Å²) in [4.78, 5) is 10.5. The molecule has 1 N–H and O–H groups in total. The molecule has 1 unspecified atom stereocenters. The van der Waals surface area contributed by atoms with E-state index in [4.69, 9.17) is 5.11 Å². The Labute approximate surface area is 113 Å². The second-order valence-corrected chi connectivity index (χ2v) is 4.47. The summed E-state index contributed by atoms with van der Waals surface area (Å²) < 4.78 is 0. The third-order valence-corrected chi connectivity index (χ3v) is 3.07. The number of aliphatic carboxylic acids is 1. The van der Waals surface area contributed by atoms with E-state index in [9.17, 15) is 4.79 Å². The van der Waals surface area contributed by atoms with Gasteiger partial charge in [-0.3, -0.25) is 0 Å². The molecule has 0 aromatic heterocycles. The Bertz CT molecular complexity index is 568. The largest absolute Gasteiger partial charge is 0.478 e. The van der Waals surface area contributed by atoms with Crippen LogP contribution < -0.4 is 0 Å². The molecule has 0 saturated heterocycles. The van der Waals surface area contributed by atoms with Gasteiger partial charge in [-0.25, -0.2) is 4.79 Å². The SMILES string of the molecule is CC(C=CC(=O)O)c1ccc(-c2ccccc2)cc1. The maximum atomic E-state index is 10.5. The molecule has 0 radical (unpaired) electrons. The van der Waals surface area contributed by atoms with Crippen LogP contribution in [-0.2, 0) is 4.79 Å². The number of benzene rings is 2. The predicted molar refractivity (Wildman–Crippen MR) is 77.1 cm³/mol. The molecule has 0 aliphatic heterocycles. The normalized spacial score (nSPS) is 12.5. The van der Waals surface area contributed by atoms with E-state index in [1.807, 2.05) is 37.3 Å². The number of rotatable bonds is 4. The smallest absolute Gasteiger partial charge is 0.327 e. The van der Waals surface area contributed by atoms with E-state index in [0.29, 0.717) is 0 Å². The molecule has 1 atom stereocenters. The van der Waals surface area contributed by atoms with E-state index >= 15 is 0 Å². The van der Waals surface area contributed by atoms with Crippen LogP contribution in [0.15, 0.2) is 66.7 Å². The van der Waals surface area contributed by atoms with Crippen molar-refractivity contribution in [2.24, 2.45) is 0 Å². The van der Waals surface area contributed by atoms with Crippen LogP contribution in [0.1, 0.15) is 18.4 Å². The summed E-state index contributed by atoms with van der Waals surface area (Å²) in [5, 5.41) is 8.62. The molecule has 0 saturated carbocycles. The Kier molecular flexibility index (Phi) is 4.14. The van der Waals surface area contributed by atoms with Crippen molar-refractivity contribution in [3.05, 3.63) is 72.3 Å². The second-order valence-electron chi connectivity index (χ2n) is 4.47. The standard InChI is InChI=1S/C17H16O2/c1-13(7-12-17(18)19)14-8-10-16(11-9-14)15-5-3-2-4-6-15/h2-13H,1H3,(H,18,19). The van der Waals surface area contributed by atoms with Gasteiger partial charge in [-0.05, 0) is 22.6 Å². The first-order valence-corrected chi connectivity index (χ1v) is 6.23. The zero-order valence-corrected chi connectivity index (χ0v) is 10.8. The average Bonchev–Trinajstić information content (AvgIpc) is 2.46. The number of carboxylic acid groups (broad SMARTS) is 1. The second kappa shape index (κ2) is 6.01. The first-order valence-electron chi connectivity index (χ1n) is 6.23. The third-order valence-electron chi connectivity index (χ3n) is 3.07.